The Labute approximate surface area is 164 Å². The van der Waals surface area contributed by atoms with Crippen LogP contribution in [-0.4, -0.2) is 26.4 Å². The Morgan fingerprint density at radius 3 is 2.71 bits per heavy atom. The van der Waals surface area contributed by atoms with Crippen LogP contribution in [0.25, 0.3) is 22.3 Å². The number of hydrogen-bond acceptors (Lipinski definition) is 5. The minimum atomic E-state index is -0.408. The Morgan fingerprint density at radius 1 is 1.11 bits per heavy atom. The lowest BCUT2D eigenvalue weighted by atomic mass is 10.1. The molecule has 0 bridgehead atoms. The Hall–Kier alpha value is -3.45. The van der Waals surface area contributed by atoms with E-state index < -0.39 is 4.92 Å². The number of nitro groups is 1. The number of aromatic nitrogens is 3. The summed E-state index contributed by atoms with van der Waals surface area (Å²) in [6.45, 7) is 0.819. The standard InChI is InChI=1S/C20H14ClN5O2/c21-14-4-1-13-7-8-25(18(13)9-14)20-16-10-17(24-19(16)22-11-23-20)12-2-5-15(6-3-12)26(27)28/h1-6,9-11H,7-8H2,(H,22,23,24). The second-order valence-corrected chi connectivity index (χ2v) is 7.06. The summed E-state index contributed by atoms with van der Waals surface area (Å²) in [6.07, 6.45) is 2.47. The van der Waals surface area contributed by atoms with Crippen LogP contribution in [0, 0.1) is 10.1 Å². The van der Waals surface area contributed by atoms with E-state index in [-0.39, 0.29) is 5.69 Å². The van der Waals surface area contributed by atoms with Crippen molar-refractivity contribution < 1.29 is 4.92 Å². The summed E-state index contributed by atoms with van der Waals surface area (Å²) in [7, 11) is 0. The molecule has 138 valence electrons. The second kappa shape index (κ2) is 6.31. The van der Waals surface area contributed by atoms with Crippen LogP contribution in [0.15, 0.2) is 54.9 Å². The number of aromatic amines is 1. The number of rotatable bonds is 3. The Bertz CT molecular complexity index is 1220. The number of non-ortho nitro benzene ring substituents is 1. The maximum atomic E-state index is 10.9. The van der Waals surface area contributed by atoms with Gasteiger partial charge in [0.15, 0.2) is 0 Å². The van der Waals surface area contributed by atoms with Crippen LogP contribution in [0.5, 0.6) is 0 Å². The number of H-pyrrole nitrogens is 1. The van der Waals surface area contributed by atoms with Crippen LogP contribution < -0.4 is 4.90 Å². The van der Waals surface area contributed by atoms with Crippen LogP contribution in [-0.2, 0) is 6.42 Å². The highest BCUT2D eigenvalue weighted by Gasteiger charge is 2.24. The number of nitrogens with one attached hydrogen (secondary N) is 1. The molecule has 0 unspecified atom stereocenters. The number of hydrogen-bond donors (Lipinski definition) is 1. The molecular weight excluding hydrogens is 378 g/mol. The van der Waals surface area contributed by atoms with Gasteiger partial charge in [0.1, 0.15) is 17.8 Å². The van der Waals surface area contributed by atoms with Gasteiger partial charge in [-0.3, -0.25) is 10.1 Å². The molecule has 0 atom stereocenters. The number of halogens is 1. The molecule has 2 aromatic heterocycles. The molecule has 0 spiro atoms. The van der Waals surface area contributed by atoms with Gasteiger partial charge in [0.25, 0.3) is 5.69 Å². The molecule has 5 rings (SSSR count). The lowest BCUT2D eigenvalue weighted by molar-refractivity contribution is -0.384. The second-order valence-electron chi connectivity index (χ2n) is 6.62. The van der Waals surface area contributed by atoms with Gasteiger partial charge in [-0.25, -0.2) is 9.97 Å². The maximum absolute atomic E-state index is 10.9. The van der Waals surface area contributed by atoms with Gasteiger partial charge in [-0.15, -0.1) is 0 Å². The zero-order chi connectivity index (χ0) is 19.3. The van der Waals surface area contributed by atoms with E-state index in [0.717, 1.165) is 41.1 Å². The molecule has 28 heavy (non-hydrogen) atoms. The van der Waals surface area contributed by atoms with E-state index in [0.29, 0.717) is 10.7 Å². The predicted molar refractivity (Wildman–Crippen MR) is 108 cm³/mol. The average Bonchev–Trinajstić information content (AvgIpc) is 3.31. The minimum Gasteiger partial charge on any atom is -0.339 e. The third kappa shape index (κ3) is 2.68. The van der Waals surface area contributed by atoms with Crippen molar-refractivity contribution in [2.45, 2.75) is 6.42 Å². The first-order valence-corrected chi connectivity index (χ1v) is 9.12. The largest absolute Gasteiger partial charge is 0.339 e. The summed E-state index contributed by atoms with van der Waals surface area (Å²) in [4.78, 5) is 24.8. The zero-order valence-corrected chi connectivity index (χ0v) is 15.3. The zero-order valence-electron chi connectivity index (χ0n) is 14.6. The molecule has 1 N–H and O–H groups in total. The first-order chi connectivity index (χ1) is 13.6. The molecule has 0 fully saturated rings. The SMILES string of the molecule is O=[N+]([O-])c1ccc(-c2cc3c(N4CCc5ccc(Cl)cc54)ncnc3[nH]2)cc1. The summed E-state index contributed by atoms with van der Waals surface area (Å²) in [5.41, 5.74) is 4.75. The van der Waals surface area contributed by atoms with Gasteiger partial charge in [-0.2, -0.15) is 0 Å². The van der Waals surface area contributed by atoms with E-state index in [4.69, 9.17) is 11.6 Å². The molecule has 7 nitrogen and oxygen atoms in total. The predicted octanol–water partition coefficient (Wildman–Crippen LogP) is 4.88. The van der Waals surface area contributed by atoms with Crippen molar-refractivity contribution in [1.29, 1.82) is 0 Å². The fourth-order valence-corrected chi connectivity index (χ4v) is 3.80. The summed E-state index contributed by atoms with van der Waals surface area (Å²) in [5, 5.41) is 12.5. The number of benzene rings is 2. The highest BCUT2D eigenvalue weighted by atomic mass is 35.5. The van der Waals surface area contributed by atoms with Crippen LogP contribution in [0.1, 0.15) is 5.56 Å². The Kier molecular flexibility index (Phi) is 3.77. The molecule has 8 heteroatoms. The average molecular weight is 392 g/mol. The van der Waals surface area contributed by atoms with Crippen LogP contribution in [0.2, 0.25) is 5.02 Å². The van der Waals surface area contributed by atoms with Gasteiger partial charge in [-0.1, -0.05) is 17.7 Å². The van der Waals surface area contributed by atoms with Crippen molar-refractivity contribution in [2.24, 2.45) is 0 Å². The molecule has 0 aliphatic carbocycles. The van der Waals surface area contributed by atoms with Gasteiger partial charge in [0, 0.05) is 35.1 Å². The van der Waals surface area contributed by atoms with E-state index in [9.17, 15) is 10.1 Å². The van der Waals surface area contributed by atoms with Gasteiger partial charge in [0.05, 0.1) is 10.3 Å². The molecule has 3 heterocycles. The molecule has 4 aromatic rings. The molecule has 0 saturated carbocycles. The first kappa shape index (κ1) is 16.7. The molecular formula is C20H14ClN5O2. The quantitative estimate of drug-likeness (QED) is 0.397. The minimum absolute atomic E-state index is 0.0610. The molecule has 0 radical (unpaired) electrons. The molecule has 0 saturated heterocycles. The highest BCUT2D eigenvalue weighted by molar-refractivity contribution is 6.31. The normalized spacial score (nSPS) is 13.1. The van der Waals surface area contributed by atoms with Gasteiger partial charge in [-0.05, 0) is 47.9 Å². The monoisotopic (exact) mass is 391 g/mol. The lowest BCUT2D eigenvalue weighted by Gasteiger charge is -2.19. The topological polar surface area (TPSA) is 87.9 Å². The molecule has 1 aliphatic heterocycles. The van der Waals surface area contributed by atoms with Crippen molar-refractivity contribution in [1.82, 2.24) is 15.0 Å². The number of nitro benzene ring substituents is 1. The van der Waals surface area contributed by atoms with Gasteiger partial charge >= 0.3 is 0 Å². The first-order valence-electron chi connectivity index (χ1n) is 8.75. The maximum Gasteiger partial charge on any atom is 0.269 e. The van der Waals surface area contributed by atoms with E-state index in [1.165, 1.54) is 24.0 Å². The summed E-state index contributed by atoms with van der Waals surface area (Å²) in [6, 6.07) is 14.3. The lowest BCUT2D eigenvalue weighted by Crippen LogP contribution is -2.15. The fraction of sp³-hybridized carbons (Fsp3) is 0.100. The van der Waals surface area contributed by atoms with E-state index >= 15 is 0 Å². The summed E-state index contributed by atoms with van der Waals surface area (Å²) >= 11 is 6.20. The summed E-state index contributed by atoms with van der Waals surface area (Å²) in [5.74, 6) is 0.815. The number of anilines is 2. The van der Waals surface area contributed by atoms with Crippen LogP contribution >= 0.6 is 11.6 Å². The number of nitrogens with zero attached hydrogens (tertiary/aromatic N) is 4. The van der Waals surface area contributed by atoms with Crippen molar-refractivity contribution in [3.8, 4) is 11.3 Å². The third-order valence-corrected chi connectivity index (χ3v) is 5.23. The van der Waals surface area contributed by atoms with Crippen molar-refractivity contribution in [2.75, 3.05) is 11.4 Å². The van der Waals surface area contributed by atoms with Crippen LogP contribution in [0.4, 0.5) is 17.2 Å². The number of fused-ring (bicyclic) bond motifs is 2. The fourth-order valence-electron chi connectivity index (χ4n) is 3.63. The molecule has 0 amide bonds. The van der Waals surface area contributed by atoms with Crippen molar-refractivity contribution >= 4 is 39.8 Å². The smallest absolute Gasteiger partial charge is 0.269 e. The van der Waals surface area contributed by atoms with E-state index in [1.807, 2.05) is 18.2 Å². The van der Waals surface area contributed by atoms with Gasteiger partial charge < -0.3 is 9.88 Å². The van der Waals surface area contributed by atoms with E-state index in [1.54, 1.807) is 12.1 Å². The van der Waals surface area contributed by atoms with Crippen LogP contribution in [0.3, 0.4) is 0 Å². The molecule has 2 aromatic carbocycles. The van der Waals surface area contributed by atoms with Gasteiger partial charge in [0.2, 0.25) is 0 Å². The van der Waals surface area contributed by atoms with E-state index in [2.05, 4.69) is 25.9 Å². The highest BCUT2D eigenvalue weighted by Crippen LogP contribution is 2.38. The van der Waals surface area contributed by atoms with Crippen molar-refractivity contribution in [3.63, 3.8) is 0 Å². The van der Waals surface area contributed by atoms with Crippen molar-refractivity contribution in [3.05, 3.63) is 75.6 Å². The summed E-state index contributed by atoms with van der Waals surface area (Å²) < 4.78 is 0. The Balaban J connectivity index is 1.59. The third-order valence-electron chi connectivity index (χ3n) is 4.99. The molecule has 1 aliphatic rings. The Morgan fingerprint density at radius 2 is 1.93 bits per heavy atom.